The van der Waals surface area contributed by atoms with E-state index in [0.29, 0.717) is 10.6 Å². The zero-order valence-electron chi connectivity index (χ0n) is 9.33. The van der Waals surface area contributed by atoms with E-state index in [2.05, 4.69) is 4.90 Å². The van der Waals surface area contributed by atoms with Gasteiger partial charge >= 0.3 is 0 Å². The Kier molecular flexibility index (Phi) is 3.06. The molecule has 86 valence electrons. The van der Waals surface area contributed by atoms with Crippen molar-refractivity contribution >= 4 is 23.1 Å². The van der Waals surface area contributed by atoms with Crippen molar-refractivity contribution in [1.29, 1.82) is 5.41 Å². The molecule has 16 heavy (non-hydrogen) atoms. The number of nitrogens with two attached hydrogens (primary N) is 1. The summed E-state index contributed by atoms with van der Waals surface area (Å²) < 4.78 is 0. The molecule has 0 atom stereocenters. The Balaban J connectivity index is 2.17. The maximum atomic E-state index is 7.34. The van der Waals surface area contributed by atoms with E-state index in [1.807, 2.05) is 19.2 Å². The monoisotopic (exact) mass is 237 g/mol. The molecule has 1 saturated carbocycles. The van der Waals surface area contributed by atoms with Crippen LogP contribution in [0, 0.1) is 11.3 Å². The predicted octanol–water partition coefficient (Wildman–Crippen LogP) is 2.47. The molecular weight excluding hydrogens is 222 g/mol. The van der Waals surface area contributed by atoms with E-state index in [1.165, 1.54) is 12.8 Å². The van der Waals surface area contributed by atoms with Crippen LogP contribution in [0.2, 0.25) is 5.02 Å². The topological polar surface area (TPSA) is 53.1 Å². The minimum Gasteiger partial charge on any atom is -0.384 e. The third kappa shape index (κ3) is 2.47. The highest BCUT2D eigenvalue weighted by atomic mass is 35.5. The summed E-state index contributed by atoms with van der Waals surface area (Å²) in [7, 11) is 2.05. The lowest BCUT2D eigenvalue weighted by Crippen LogP contribution is -2.20. The standard InChI is InChI=1S/C12H16ClN3/c1-16(7-8-2-3-8)11-5-4-9(12(14)15)6-10(11)13/h4-6,8H,2-3,7H2,1H3,(H3,14,15). The Labute approximate surface area is 101 Å². The van der Waals surface area contributed by atoms with Crippen LogP contribution in [0.25, 0.3) is 0 Å². The van der Waals surface area contributed by atoms with Crippen molar-refractivity contribution in [2.24, 2.45) is 11.7 Å². The Hall–Kier alpha value is -1.22. The molecular formula is C12H16ClN3. The number of anilines is 1. The molecule has 1 aromatic rings. The molecule has 3 N–H and O–H groups in total. The summed E-state index contributed by atoms with van der Waals surface area (Å²) in [5, 5.41) is 8.00. The zero-order chi connectivity index (χ0) is 11.7. The maximum absolute atomic E-state index is 7.34. The van der Waals surface area contributed by atoms with Gasteiger partial charge < -0.3 is 10.6 Å². The maximum Gasteiger partial charge on any atom is 0.122 e. The van der Waals surface area contributed by atoms with Crippen LogP contribution in [-0.2, 0) is 0 Å². The Morgan fingerprint density at radius 1 is 1.56 bits per heavy atom. The normalized spacial score (nSPS) is 14.9. The number of nitrogen functional groups attached to an aromatic ring is 1. The van der Waals surface area contributed by atoms with E-state index in [1.54, 1.807) is 6.07 Å². The summed E-state index contributed by atoms with van der Waals surface area (Å²) in [5.74, 6) is 0.881. The zero-order valence-corrected chi connectivity index (χ0v) is 10.1. The van der Waals surface area contributed by atoms with Gasteiger partial charge in [-0.25, -0.2) is 0 Å². The molecule has 3 nitrogen and oxygen atoms in total. The lowest BCUT2D eigenvalue weighted by molar-refractivity contribution is 0.787. The van der Waals surface area contributed by atoms with E-state index >= 15 is 0 Å². The molecule has 2 rings (SSSR count). The average molecular weight is 238 g/mol. The molecule has 1 aliphatic carbocycles. The first-order valence-electron chi connectivity index (χ1n) is 5.43. The van der Waals surface area contributed by atoms with Gasteiger partial charge in [-0.3, -0.25) is 5.41 Å². The summed E-state index contributed by atoms with van der Waals surface area (Å²) >= 11 is 6.18. The average Bonchev–Trinajstić information content (AvgIpc) is 3.01. The molecule has 0 heterocycles. The molecule has 0 aromatic heterocycles. The smallest absolute Gasteiger partial charge is 0.122 e. The van der Waals surface area contributed by atoms with Crippen LogP contribution >= 0.6 is 11.6 Å². The Bertz CT molecular complexity index is 413. The first-order chi connectivity index (χ1) is 7.58. The number of halogens is 1. The summed E-state index contributed by atoms with van der Waals surface area (Å²) in [5.41, 5.74) is 7.10. The minimum atomic E-state index is 0.0540. The highest BCUT2D eigenvalue weighted by Crippen LogP contribution is 2.33. The SMILES string of the molecule is CN(CC1CC1)c1ccc(C(=N)N)cc1Cl. The number of rotatable bonds is 4. The predicted molar refractivity (Wildman–Crippen MR) is 68.5 cm³/mol. The number of hydrogen-bond donors (Lipinski definition) is 2. The molecule has 1 aliphatic rings. The van der Waals surface area contributed by atoms with E-state index in [0.717, 1.165) is 18.2 Å². The van der Waals surface area contributed by atoms with Crippen LogP contribution in [0.1, 0.15) is 18.4 Å². The molecule has 0 unspecified atom stereocenters. The molecule has 0 radical (unpaired) electrons. The van der Waals surface area contributed by atoms with Crippen molar-refractivity contribution in [3.8, 4) is 0 Å². The largest absolute Gasteiger partial charge is 0.384 e. The van der Waals surface area contributed by atoms with Gasteiger partial charge in [0.1, 0.15) is 5.84 Å². The fourth-order valence-corrected chi connectivity index (χ4v) is 2.09. The van der Waals surface area contributed by atoms with E-state index in [9.17, 15) is 0 Å². The molecule has 1 aromatic carbocycles. The Morgan fingerprint density at radius 3 is 2.75 bits per heavy atom. The second-order valence-corrected chi connectivity index (χ2v) is 4.81. The fourth-order valence-electron chi connectivity index (χ4n) is 1.77. The lowest BCUT2D eigenvalue weighted by atomic mass is 10.2. The van der Waals surface area contributed by atoms with Gasteiger partial charge in [0.25, 0.3) is 0 Å². The van der Waals surface area contributed by atoms with Gasteiger partial charge in [0.05, 0.1) is 10.7 Å². The first kappa shape index (κ1) is 11.3. The van der Waals surface area contributed by atoms with Crippen molar-refractivity contribution in [2.75, 3.05) is 18.5 Å². The highest BCUT2D eigenvalue weighted by molar-refractivity contribution is 6.33. The van der Waals surface area contributed by atoms with Crippen LogP contribution in [-0.4, -0.2) is 19.4 Å². The van der Waals surface area contributed by atoms with Crippen LogP contribution in [0.5, 0.6) is 0 Å². The summed E-state index contributed by atoms with van der Waals surface area (Å²) in [6.45, 7) is 1.05. The van der Waals surface area contributed by atoms with Crippen molar-refractivity contribution in [1.82, 2.24) is 0 Å². The third-order valence-corrected chi connectivity index (χ3v) is 3.20. The first-order valence-corrected chi connectivity index (χ1v) is 5.81. The van der Waals surface area contributed by atoms with Crippen LogP contribution in [0.3, 0.4) is 0 Å². The molecule has 0 saturated heterocycles. The second kappa shape index (κ2) is 4.34. The number of hydrogen-bond acceptors (Lipinski definition) is 2. The summed E-state index contributed by atoms with van der Waals surface area (Å²) in [4.78, 5) is 2.17. The molecule has 0 spiro atoms. The quantitative estimate of drug-likeness (QED) is 0.625. The molecule has 4 heteroatoms. The highest BCUT2D eigenvalue weighted by Gasteiger charge is 2.23. The minimum absolute atomic E-state index is 0.0540. The number of nitrogens with zero attached hydrogens (tertiary/aromatic N) is 1. The van der Waals surface area contributed by atoms with Crippen molar-refractivity contribution in [2.45, 2.75) is 12.8 Å². The van der Waals surface area contributed by atoms with E-state index in [-0.39, 0.29) is 5.84 Å². The second-order valence-electron chi connectivity index (χ2n) is 4.40. The van der Waals surface area contributed by atoms with E-state index < -0.39 is 0 Å². The van der Waals surface area contributed by atoms with Crippen molar-refractivity contribution in [3.05, 3.63) is 28.8 Å². The number of nitrogens with one attached hydrogen (secondary N) is 1. The van der Waals surface area contributed by atoms with Gasteiger partial charge in [0, 0.05) is 19.2 Å². The van der Waals surface area contributed by atoms with Gasteiger partial charge in [-0.05, 0) is 37.0 Å². The number of amidine groups is 1. The molecule has 1 fully saturated rings. The van der Waals surface area contributed by atoms with Crippen LogP contribution in [0.15, 0.2) is 18.2 Å². The van der Waals surface area contributed by atoms with Gasteiger partial charge in [-0.2, -0.15) is 0 Å². The molecule has 0 aliphatic heterocycles. The third-order valence-electron chi connectivity index (χ3n) is 2.90. The van der Waals surface area contributed by atoms with Gasteiger partial charge in [-0.1, -0.05) is 11.6 Å². The van der Waals surface area contributed by atoms with Crippen molar-refractivity contribution < 1.29 is 0 Å². The van der Waals surface area contributed by atoms with E-state index in [4.69, 9.17) is 22.7 Å². The van der Waals surface area contributed by atoms with Crippen LogP contribution < -0.4 is 10.6 Å². The fraction of sp³-hybridized carbons (Fsp3) is 0.417. The van der Waals surface area contributed by atoms with Crippen molar-refractivity contribution in [3.63, 3.8) is 0 Å². The summed E-state index contributed by atoms with van der Waals surface area (Å²) in [6.07, 6.45) is 2.65. The summed E-state index contributed by atoms with van der Waals surface area (Å²) in [6, 6.07) is 5.52. The lowest BCUT2D eigenvalue weighted by Gasteiger charge is -2.20. The number of benzene rings is 1. The van der Waals surface area contributed by atoms with Gasteiger partial charge in [-0.15, -0.1) is 0 Å². The molecule has 0 amide bonds. The Morgan fingerprint density at radius 2 is 2.25 bits per heavy atom. The van der Waals surface area contributed by atoms with Gasteiger partial charge in [0.2, 0.25) is 0 Å². The van der Waals surface area contributed by atoms with Gasteiger partial charge in [0.15, 0.2) is 0 Å². The molecule has 0 bridgehead atoms. The van der Waals surface area contributed by atoms with Crippen LogP contribution in [0.4, 0.5) is 5.69 Å².